The third kappa shape index (κ3) is 4.20. The summed E-state index contributed by atoms with van der Waals surface area (Å²) in [5.74, 6) is 0.398. The van der Waals surface area contributed by atoms with Crippen LogP contribution in [-0.2, 0) is 4.74 Å². The third-order valence-corrected chi connectivity index (χ3v) is 1.77. The van der Waals surface area contributed by atoms with E-state index in [1.165, 1.54) is 0 Å². The third-order valence-electron chi connectivity index (χ3n) is 1.41. The van der Waals surface area contributed by atoms with E-state index in [1.54, 1.807) is 39.1 Å². The average Bonchev–Trinajstić information content (AvgIpc) is 2.05. The van der Waals surface area contributed by atoms with Crippen molar-refractivity contribution >= 4 is 24.5 Å². The van der Waals surface area contributed by atoms with Gasteiger partial charge in [0, 0.05) is 11.1 Å². The number of anilines is 1. The van der Waals surface area contributed by atoms with Crippen LogP contribution in [-0.4, -0.2) is 16.7 Å². The van der Waals surface area contributed by atoms with Crippen molar-refractivity contribution in [1.29, 1.82) is 0 Å². The summed E-state index contributed by atoms with van der Waals surface area (Å²) in [6.45, 7) is 5.39. The molecule has 1 heterocycles. The number of hydrogen-bond acceptors (Lipinski definition) is 4. The van der Waals surface area contributed by atoms with Crippen molar-refractivity contribution in [3.05, 3.63) is 18.3 Å². The highest BCUT2D eigenvalue weighted by molar-refractivity contribution is 7.80. The molecular weight excluding hydrogens is 212 g/mol. The first kappa shape index (κ1) is 11.8. The Balaban J connectivity index is 2.64. The first-order valence-corrected chi connectivity index (χ1v) is 4.97. The number of hydrogen-bond donors (Lipinski definition) is 2. The number of carbonyl (C=O) groups is 1. The molecule has 0 radical (unpaired) electrons. The number of amides is 1. The number of pyridine rings is 1. The molecular formula is C10H14N2O2S. The first-order valence-electron chi connectivity index (χ1n) is 4.52. The van der Waals surface area contributed by atoms with Crippen molar-refractivity contribution in [2.75, 3.05) is 5.32 Å². The smallest absolute Gasteiger partial charge is 0.413 e. The number of carbonyl (C=O) groups excluding carboxylic acids is 1. The lowest BCUT2D eigenvalue weighted by atomic mass is 10.2. The minimum Gasteiger partial charge on any atom is -0.444 e. The summed E-state index contributed by atoms with van der Waals surface area (Å²) in [6, 6.07) is 3.48. The predicted molar refractivity (Wildman–Crippen MR) is 61.3 cm³/mol. The second-order valence-corrected chi connectivity index (χ2v) is 4.48. The Bertz CT molecular complexity index is 361. The molecule has 1 N–H and O–H groups in total. The number of rotatable bonds is 1. The Labute approximate surface area is 94.5 Å². The van der Waals surface area contributed by atoms with Crippen molar-refractivity contribution in [3.63, 3.8) is 0 Å². The molecule has 0 spiro atoms. The van der Waals surface area contributed by atoms with E-state index in [4.69, 9.17) is 4.74 Å². The minimum absolute atomic E-state index is 0.398. The Kier molecular flexibility index (Phi) is 3.57. The van der Waals surface area contributed by atoms with E-state index in [2.05, 4.69) is 22.9 Å². The van der Waals surface area contributed by atoms with E-state index >= 15 is 0 Å². The number of aromatic nitrogens is 1. The monoisotopic (exact) mass is 226 g/mol. The Morgan fingerprint density at radius 3 is 2.73 bits per heavy atom. The minimum atomic E-state index is -0.531. The topological polar surface area (TPSA) is 51.2 Å². The fourth-order valence-electron chi connectivity index (χ4n) is 0.893. The van der Waals surface area contributed by atoms with E-state index in [0.717, 1.165) is 0 Å². The molecule has 0 unspecified atom stereocenters. The molecule has 0 saturated carbocycles. The second-order valence-electron chi connectivity index (χ2n) is 4.00. The van der Waals surface area contributed by atoms with Gasteiger partial charge in [0.2, 0.25) is 0 Å². The first-order chi connectivity index (χ1) is 6.88. The van der Waals surface area contributed by atoms with Crippen LogP contribution in [0, 0.1) is 0 Å². The van der Waals surface area contributed by atoms with E-state index in [9.17, 15) is 4.79 Å². The van der Waals surface area contributed by atoms with Crippen LogP contribution >= 0.6 is 12.6 Å². The molecule has 0 atom stereocenters. The summed E-state index contributed by atoms with van der Waals surface area (Å²) >= 11 is 4.15. The molecule has 1 aromatic rings. The van der Waals surface area contributed by atoms with Gasteiger partial charge < -0.3 is 4.74 Å². The summed E-state index contributed by atoms with van der Waals surface area (Å²) in [5.41, 5.74) is -0.518. The summed E-state index contributed by atoms with van der Waals surface area (Å²) in [4.78, 5) is 15.9. The molecule has 5 heteroatoms. The molecule has 1 amide bonds. The van der Waals surface area contributed by atoms with E-state index in [-0.39, 0.29) is 0 Å². The number of thiol groups is 1. The molecule has 1 aromatic heterocycles. The molecule has 0 aromatic carbocycles. The van der Waals surface area contributed by atoms with Crippen molar-refractivity contribution < 1.29 is 9.53 Å². The van der Waals surface area contributed by atoms with Crippen molar-refractivity contribution in [2.24, 2.45) is 0 Å². The van der Waals surface area contributed by atoms with Crippen LogP contribution < -0.4 is 5.32 Å². The molecule has 0 saturated heterocycles. The van der Waals surface area contributed by atoms with E-state index < -0.39 is 11.7 Å². The molecule has 0 fully saturated rings. The molecule has 0 bridgehead atoms. The van der Waals surface area contributed by atoms with Crippen LogP contribution in [0.2, 0.25) is 0 Å². The van der Waals surface area contributed by atoms with Gasteiger partial charge in [0.15, 0.2) is 0 Å². The summed E-state index contributed by atoms with van der Waals surface area (Å²) in [7, 11) is 0. The van der Waals surface area contributed by atoms with E-state index in [0.29, 0.717) is 10.7 Å². The number of nitrogens with one attached hydrogen (secondary N) is 1. The quantitative estimate of drug-likeness (QED) is 0.724. The van der Waals surface area contributed by atoms with Crippen molar-refractivity contribution in [2.45, 2.75) is 31.3 Å². The zero-order chi connectivity index (χ0) is 11.5. The molecule has 82 valence electrons. The lowest BCUT2D eigenvalue weighted by Crippen LogP contribution is -2.27. The Morgan fingerprint density at radius 2 is 2.20 bits per heavy atom. The summed E-state index contributed by atoms with van der Waals surface area (Å²) < 4.78 is 5.07. The average molecular weight is 226 g/mol. The van der Waals surface area contributed by atoms with Crippen molar-refractivity contribution in [3.8, 4) is 0 Å². The van der Waals surface area contributed by atoms with Gasteiger partial charge in [-0.2, -0.15) is 0 Å². The highest BCUT2D eigenvalue weighted by atomic mass is 32.1. The van der Waals surface area contributed by atoms with Gasteiger partial charge in [-0.15, -0.1) is 12.6 Å². The lowest BCUT2D eigenvalue weighted by Gasteiger charge is -2.19. The van der Waals surface area contributed by atoms with Gasteiger partial charge in [-0.1, -0.05) is 0 Å². The largest absolute Gasteiger partial charge is 0.444 e. The SMILES string of the molecule is CC(C)(C)OC(=O)Nc1ncccc1S. The van der Waals surface area contributed by atoms with Gasteiger partial charge in [0.25, 0.3) is 0 Å². The maximum atomic E-state index is 11.4. The zero-order valence-electron chi connectivity index (χ0n) is 8.94. The fourth-order valence-corrected chi connectivity index (χ4v) is 1.09. The molecule has 1 rings (SSSR count). The second kappa shape index (κ2) is 4.53. The maximum absolute atomic E-state index is 11.4. The molecule has 15 heavy (non-hydrogen) atoms. The van der Waals surface area contributed by atoms with Crippen LogP contribution in [0.4, 0.5) is 10.6 Å². The molecule has 0 aliphatic carbocycles. The number of ether oxygens (including phenoxy) is 1. The normalized spacial score (nSPS) is 10.9. The Morgan fingerprint density at radius 1 is 1.53 bits per heavy atom. The van der Waals surface area contributed by atoms with Gasteiger partial charge in [-0.3, -0.25) is 5.32 Å². The molecule has 0 aliphatic rings. The van der Waals surface area contributed by atoms with Gasteiger partial charge in [-0.25, -0.2) is 9.78 Å². The highest BCUT2D eigenvalue weighted by Crippen LogP contribution is 2.16. The summed E-state index contributed by atoms with van der Waals surface area (Å²) in [6.07, 6.45) is 1.04. The fraction of sp³-hybridized carbons (Fsp3) is 0.400. The van der Waals surface area contributed by atoms with Crippen LogP contribution in [0.3, 0.4) is 0 Å². The molecule has 4 nitrogen and oxygen atoms in total. The van der Waals surface area contributed by atoms with Crippen LogP contribution in [0.1, 0.15) is 20.8 Å². The van der Waals surface area contributed by atoms with Crippen LogP contribution in [0.5, 0.6) is 0 Å². The van der Waals surface area contributed by atoms with Crippen molar-refractivity contribution in [1.82, 2.24) is 4.98 Å². The van der Waals surface area contributed by atoms with Crippen LogP contribution in [0.25, 0.3) is 0 Å². The van der Waals surface area contributed by atoms with E-state index in [1.807, 2.05) is 0 Å². The van der Waals surface area contributed by atoms with Crippen LogP contribution in [0.15, 0.2) is 23.2 Å². The van der Waals surface area contributed by atoms with Gasteiger partial charge >= 0.3 is 6.09 Å². The lowest BCUT2D eigenvalue weighted by molar-refractivity contribution is 0.0635. The van der Waals surface area contributed by atoms with Gasteiger partial charge in [0.1, 0.15) is 11.4 Å². The summed E-state index contributed by atoms with van der Waals surface area (Å²) in [5, 5.41) is 2.52. The maximum Gasteiger partial charge on any atom is 0.413 e. The van der Waals surface area contributed by atoms with Gasteiger partial charge in [0.05, 0.1) is 0 Å². The molecule has 0 aliphatic heterocycles. The predicted octanol–water partition coefficient (Wildman–Crippen LogP) is 2.72. The Hall–Kier alpha value is -1.23. The zero-order valence-corrected chi connectivity index (χ0v) is 9.84. The highest BCUT2D eigenvalue weighted by Gasteiger charge is 2.16. The standard InChI is InChI=1S/C10H14N2O2S/c1-10(2,3)14-9(13)12-8-7(15)5-4-6-11-8/h4-6,15H,1-3H3,(H,11,12,13). The van der Waals surface area contributed by atoms with Gasteiger partial charge in [-0.05, 0) is 32.9 Å². The number of nitrogens with zero attached hydrogens (tertiary/aromatic N) is 1.